The summed E-state index contributed by atoms with van der Waals surface area (Å²) in [5, 5.41) is 3.97. The zero-order valence-corrected chi connectivity index (χ0v) is 10.3. The lowest BCUT2D eigenvalue weighted by molar-refractivity contribution is 0.104. The summed E-state index contributed by atoms with van der Waals surface area (Å²) in [6.45, 7) is 2.56. The minimum absolute atomic E-state index is 0.0382. The first-order valence-electron chi connectivity index (χ1n) is 5.80. The zero-order valence-electron chi connectivity index (χ0n) is 10.3. The van der Waals surface area contributed by atoms with Crippen LogP contribution in [0.15, 0.2) is 36.7 Å². The number of ketones is 1. The summed E-state index contributed by atoms with van der Waals surface area (Å²) in [6, 6.07) is 3.81. The van der Waals surface area contributed by atoms with Crippen LogP contribution in [-0.4, -0.2) is 15.6 Å². The number of aromatic nitrogens is 2. The number of hydrogen-bond acceptors (Lipinski definition) is 2. The van der Waals surface area contributed by atoms with Gasteiger partial charge in [0.15, 0.2) is 17.4 Å². The zero-order chi connectivity index (χ0) is 13.8. The Kier molecular flexibility index (Phi) is 3.85. The van der Waals surface area contributed by atoms with Gasteiger partial charge in [-0.05, 0) is 25.1 Å². The molecule has 0 saturated heterocycles. The molecule has 0 N–H and O–H groups in total. The van der Waals surface area contributed by atoms with Gasteiger partial charge >= 0.3 is 0 Å². The Bertz CT molecular complexity index is 632. The highest BCUT2D eigenvalue weighted by atomic mass is 19.2. The Hall–Kier alpha value is -2.30. The second-order valence-electron chi connectivity index (χ2n) is 3.93. The highest BCUT2D eigenvalue weighted by Crippen LogP contribution is 2.13. The number of hydrogen-bond donors (Lipinski definition) is 0. The number of halogens is 2. The molecule has 98 valence electrons. The average molecular weight is 262 g/mol. The third-order valence-corrected chi connectivity index (χ3v) is 2.64. The molecule has 0 spiro atoms. The van der Waals surface area contributed by atoms with E-state index >= 15 is 0 Å². The topological polar surface area (TPSA) is 34.9 Å². The van der Waals surface area contributed by atoms with E-state index in [4.69, 9.17) is 0 Å². The summed E-state index contributed by atoms with van der Waals surface area (Å²) < 4.78 is 27.9. The van der Waals surface area contributed by atoms with Crippen LogP contribution in [0.25, 0.3) is 6.08 Å². The van der Waals surface area contributed by atoms with Crippen molar-refractivity contribution in [1.82, 2.24) is 9.78 Å². The molecule has 1 aromatic heterocycles. The Morgan fingerprint density at radius 1 is 1.42 bits per heavy atom. The van der Waals surface area contributed by atoms with E-state index in [1.54, 1.807) is 10.9 Å². The molecule has 2 aromatic rings. The molecule has 0 amide bonds. The molecule has 0 aliphatic carbocycles. The van der Waals surface area contributed by atoms with Gasteiger partial charge in [-0.2, -0.15) is 5.10 Å². The molecule has 0 aliphatic heterocycles. The van der Waals surface area contributed by atoms with Crippen molar-refractivity contribution in [3.05, 3.63) is 59.4 Å². The molecule has 1 heterocycles. The Morgan fingerprint density at radius 3 is 2.89 bits per heavy atom. The molecule has 0 radical (unpaired) electrons. The van der Waals surface area contributed by atoms with Crippen LogP contribution in [0.4, 0.5) is 8.78 Å². The van der Waals surface area contributed by atoms with Gasteiger partial charge in [-0.15, -0.1) is 0 Å². The summed E-state index contributed by atoms with van der Waals surface area (Å²) >= 11 is 0. The van der Waals surface area contributed by atoms with Crippen molar-refractivity contribution in [2.45, 2.75) is 13.5 Å². The van der Waals surface area contributed by atoms with Crippen LogP contribution in [0.2, 0.25) is 0 Å². The lowest BCUT2D eigenvalue weighted by Gasteiger charge is -1.97. The van der Waals surface area contributed by atoms with Gasteiger partial charge in [-0.3, -0.25) is 9.48 Å². The quantitative estimate of drug-likeness (QED) is 0.627. The molecule has 19 heavy (non-hydrogen) atoms. The van der Waals surface area contributed by atoms with E-state index in [0.717, 1.165) is 6.07 Å². The summed E-state index contributed by atoms with van der Waals surface area (Å²) in [5.74, 6) is -2.20. The van der Waals surface area contributed by atoms with Crippen molar-refractivity contribution in [2.24, 2.45) is 0 Å². The fraction of sp³-hybridized carbons (Fsp3) is 0.143. The van der Waals surface area contributed by atoms with E-state index in [1.807, 2.05) is 6.92 Å². The van der Waals surface area contributed by atoms with Crippen LogP contribution < -0.4 is 0 Å². The van der Waals surface area contributed by atoms with Gasteiger partial charge in [0, 0.05) is 18.3 Å². The van der Waals surface area contributed by atoms with Crippen LogP contribution in [0.5, 0.6) is 0 Å². The number of allylic oxidation sites excluding steroid dienone is 1. The smallest absolute Gasteiger partial charge is 0.189 e. The molecule has 0 aliphatic rings. The predicted octanol–water partition coefficient (Wildman–Crippen LogP) is 3.08. The summed E-state index contributed by atoms with van der Waals surface area (Å²) in [6.07, 6.45) is 5.51. The van der Waals surface area contributed by atoms with Gasteiger partial charge in [-0.25, -0.2) is 8.78 Å². The van der Waals surface area contributed by atoms with Crippen LogP contribution in [0.3, 0.4) is 0 Å². The molecular formula is C14H12F2N2O. The molecule has 1 aromatic carbocycles. The van der Waals surface area contributed by atoms with E-state index in [1.165, 1.54) is 30.5 Å². The third-order valence-electron chi connectivity index (χ3n) is 2.64. The predicted molar refractivity (Wildman–Crippen MR) is 67.6 cm³/mol. The Balaban J connectivity index is 2.18. The molecule has 0 atom stereocenters. The van der Waals surface area contributed by atoms with Crippen molar-refractivity contribution in [2.75, 3.05) is 0 Å². The van der Waals surface area contributed by atoms with Crippen molar-refractivity contribution in [3.8, 4) is 0 Å². The summed E-state index contributed by atoms with van der Waals surface area (Å²) in [5.41, 5.74) is 0.450. The number of nitrogens with zero attached hydrogens (tertiary/aromatic N) is 2. The highest BCUT2D eigenvalue weighted by molar-refractivity contribution is 6.06. The maximum Gasteiger partial charge on any atom is 0.189 e. The number of carbonyl (C=O) groups is 1. The largest absolute Gasteiger partial charge is 0.289 e. The van der Waals surface area contributed by atoms with Crippen molar-refractivity contribution in [1.29, 1.82) is 0 Å². The van der Waals surface area contributed by atoms with Gasteiger partial charge in [0.25, 0.3) is 0 Å². The molecule has 3 nitrogen and oxygen atoms in total. The van der Waals surface area contributed by atoms with Crippen molar-refractivity contribution < 1.29 is 13.6 Å². The fourth-order valence-electron chi connectivity index (χ4n) is 1.57. The highest BCUT2D eigenvalue weighted by Gasteiger charge is 2.07. The standard InChI is InChI=1S/C14H12F2N2O/c1-2-18-9-11(8-17-18)13(19)7-6-10-4-3-5-12(15)14(10)16/h3-9H,2H2,1H3/b7-6-. The lowest BCUT2D eigenvalue weighted by Crippen LogP contribution is -1.95. The van der Waals surface area contributed by atoms with Crippen LogP contribution >= 0.6 is 0 Å². The lowest BCUT2D eigenvalue weighted by atomic mass is 10.1. The average Bonchev–Trinajstić information content (AvgIpc) is 2.89. The number of rotatable bonds is 4. The second-order valence-corrected chi connectivity index (χ2v) is 3.93. The molecule has 0 saturated carbocycles. The van der Waals surface area contributed by atoms with Crippen molar-refractivity contribution >= 4 is 11.9 Å². The van der Waals surface area contributed by atoms with Gasteiger partial charge in [-0.1, -0.05) is 12.1 Å². The van der Waals surface area contributed by atoms with Gasteiger partial charge in [0.1, 0.15) is 0 Å². The summed E-state index contributed by atoms with van der Waals surface area (Å²) in [4.78, 5) is 11.8. The van der Waals surface area contributed by atoms with Gasteiger partial charge < -0.3 is 0 Å². The SMILES string of the molecule is CCn1cc(C(=O)/C=C\c2cccc(F)c2F)cn1. The van der Waals surface area contributed by atoms with E-state index in [2.05, 4.69) is 5.10 Å². The number of aryl methyl sites for hydroxylation is 1. The third kappa shape index (κ3) is 2.93. The number of benzene rings is 1. The van der Waals surface area contributed by atoms with Crippen LogP contribution in [0, 0.1) is 11.6 Å². The summed E-state index contributed by atoms with van der Waals surface area (Å²) in [7, 11) is 0. The minimum atomic E-state index is -0.962. The first-order chi connectivity index (χ1) is 9.11. The Morgan fingerprint density at radius 2 is 2.21 bits per heavy atom. The normalized spacial score (nSPS) is 11.1. The second kappa shape index (κ2) is 5.56. The van der Waals surface area contributed by atoms with Gasteiger partial charge in [0.2, 0.25) is 0 Å². The maximum atomic E-state index is 13.4. The van der Waals surface area contributed by atoms with E-state index in [0.29, 0.717) is 12.1 Å². The molecule has 0 unspecified atom stereocenters. The van der Waals surface area contributed by atoms with Gasteiger partial charge in [0.05, 0.1) is 11.8 Å². The molecule has 0 bridgehead atoms. The van der Waals surface area contributed by atoms with E-state index in [9.17, 15) is 13.6 Å². The molecular weight excluding hydrogens is 250 g/mol. The number of carbonyl (C=O) groups excluding carboxylic acids is 1. The molecule has 2 rings (SSSR count). The minimum Gasteiger partial charge on any atom is -0.289 e. The maximum absolute atomic E-state index is 13.4. The Labute approximate surface area is 109 Å². The van der Waals surface area contributed by atoms with E-state index in [-0.39, 0.29) is 11.3 Å². The first-order valence-corrected chi connectivity index (χ1v) is 5.80. The monoisotopic (exact) mass is 262 g/mol. The molecule has 0 fully saturated rings. The fourth-order valence-corrected chi connectivity index (χ4v) is 1.57. The van der Waals surface area contributed by atoms with Crippen LogP contribution in [-0.2, 0) is 6.54 Å². The van der Waals surface area contributed by atoms with Crippen molar-refractivity contribution in [3.63, 3.8) is 0 Å². The van der Waals surface area contributed by atoms with Crippen LogP contribution in [0.1, 0.15) is 22.8 Å². The molecule has 5 heteroatoms. The van der Waals surface area contributed by atoms with E-state index < -0.39 is 11.6 Å². The first kappa shape index (κ1) is 13.1.